The Morgan fingerprint density at radius 2 is 2.08 bits per heavy atom. The Morgan fingerprint density at radius 3 is 2.80 bits per heavy atom. The van der Waals surface area contributed by atoms with Gasteiger partial charge in [-0.1, -0.05) is 29.4 Å². The molecule has 5 rings (SSSR count). The van der Waals surface area contributed by atoms with E-state index in [1.807, 2.05) is 36.4 Å². The zero-order chi connectivity index (χ0) is 17.4. The normalized spacial score (nSPS) is 28.1. The third kappa shape index (κ3) is 3.75. The lowest BCUT2D eigenvalue weighted by Gasteiger charge is -2.49. The van der Waals surface area contributed by atoms with Gasteiger partial charge in [0.1, 0.15) is 0 Å². The number of thiophene rings is 1. The molecule has 2 unspecified atom stereocenters. The SMILES string of the molecule is CC1C(NC(=O)c2ccc(Sc3cccc(Cl)c3)s2)C2CCN1CC2. The van der Waals surface area contributed by atoms with Crippen molar-refractivity contribution in [2.45, 2.75) is 41.0 Å². The van der Waals surface area contributed by atoms with Crippen molar-refractivity contribution in [3.63, 3.8) is 0 Å². The van der Waals surface area contributed by atoms with E-state index in [-0.39, 0.29) is 11.9 Å². The molecular weight excluding hydrogens is 372 g/mol. The van der Waals surface area contributed by atoms with Crippen molar-refractivity contribution < 1.29 is 4.79 Å². The lowest BCUT2D eigenvalue weighted by molar-refractivity contribution is 0.0218. The van der Waals surface area contributed by atoms with Crippen LogP contribution in [-0.4, -0.2) is 36.0 Å². The van der Waals surface area contributed by atoms with Gasteiger partial charge in [0.25, 0.3) is 5.91 Å². The van der Waals surface area contributed by atoms with E-state index < -0.39 is 0 Å². The lowest BCUT2D eigenvalue weighted by Crippen LogP contribution is -2.62. The molecule has 1 aromatic carbocycles. The van der Waals surface area contributed by atoms with Gasteiger partial charge in [-0.3, -0.25) is 9.69 Å². The van der Waals surface area contributed by atoms with E-state index in [9.17, 15) is 4.79 Å². The standard InChI is InChI=1S/C19H21ClN2OS2/c1-12-18(13-7-9-22(12)10-8-13)21-19(23)16-5-6-17(25-16)24-15-4-2-3-14(20)11-15/h2-6,11-13,18H,7-10H2,1H3,(H,21,23). The number of carbonyl (C=O) groups is 1. The van der Waals surface area contributed by atoms with Crippen LogP contribution in [0.4, 0.5) is 0 Å². The van der Waals surface area contributed by atoms with Crippen LogP contribution in [0.3, 0.4) is 0 Å². The van der Waals surface area contributed by atoms with E-state index >= 15 is 0 Å². The number of halogens is 1. The number of nitrogens with zero attached hydrogens (tertiary/aromatic N) is 1. The number of benzene rings is 1. The van der Waals surface area contributed by atoms with Crippen LogP contribution in [0, 0.1) is 5.92 Å². The highest BCUT2D eigenvalue weighted by atomic mass is 35.5. The minimum atomic E-state index is 0.0635. The number of rotatable bonds is 4. The highest BCUT2D eigenvalue weighted by Gasteiger charge is 2.40. The van der Waals surface area contributed by atoms with E-state index in [1.54, 1.807) is 23.1 Å². The molecule has 4 heterocycles. The highest BCUT2D eigenvalue weighted by molar-refractivity contribution is 8.01. The summed E-state index contributed by atoms with van der Waals surface area (Å²) in [5.74, 6) is 0.692. The summed E-state index contributed by atoms with van der Waals surface area (Å²) in [4.78, 5) is 17.1. The first-order valence-corrected chi connectivity index (χ1v) is 10.7. The smallest absolute Gasteiger partial charge is 0.261 e. The molecule has 1 N–H and O–H groups in total. The van der Waals surface area contributed by atoms with Crippen molar-refractivity contribution in [2.24, 2.45) is 5.92 Å². The maximum Gasteiger partial charge on any atom is 0.261 e. The van der Waals surface area contributed by atoms with E-state index in [0.717, 1.165) is 19.0 Å². The summed E-state index contributed by atoms with van der Waals surface area (Å²) in [5, 5.41) is 4.03. The van der Waals surface area contributed by atoms with Gasteiger partial charge in [-0.15, -0.1) is 11.3 Å². The van der Waals surface area contributed by atoms with E-state index in [4.69, 9.17) is 11.6 Å². The predicted molar refractivity (Wildman–Crippen MR) is 105 cm³/mol. The monoisotopic (exact) mass is 392 g/mol. The summed E-state index contributed by atoms with van der Waals surface area (Å²) in [6.07, 6.45) is 2.41. The Kier molecular flexibility index (Phi) is 5.09. The second-order valence-electron chi connectivity index (χ2n) is 6.79. The molecule has 25 heavy (non-hydrogen) atoms. The van der Waals surface area contributed by atoms with Crippen LogP contribution in [-0.2, 0) is 0 Å². The Labute approximate surface area is 161 Å². The Hall–Kier alpha value is -1.01. The van der Waals surface area contributed by atoms with Gasteiger partial charge >= 0.3 is 0 Å². The second-order valence-corrected chi connectivity index (χ2v) is 9.69. The van der Waals surface area contributed by atoms with Gasteiger partial charge in [-0.2, -0.15) is 0 Å². The third-order valence-electron chi connectivity index (χ3n) is 5.30. The molecule has 3 saturated heterocycles. The minimum Gasteiger partial charge on any atom is -0.347 e. The van der Waals surface area contributed by atoms with Gasteiger partial charge in [0.2, 0.25) is 0 Å². The zero-order valence-electron chi connectivity index (χ0n) is 14.1. The second kappa shape index (κ2) is 7.31. The molecule has 3 nitrogen and oxygen atoms in total. The summed E-state index contributed by atoms with van der Waals surface area (Å²) in [6, 6.07) is 12.5. The van der Waals surface area contributed by atoms with Gasteiger partial charge in [0.05, 0.1) is 9.09 Å². The van der Waals surface area contributed by atoms with Gasteiger partial charge in [0, 0.05) is 22.0 Å². The van der Waals surface area contributed by atoms with Crippen molar-refractivity contribution in [1.82, 2.24) is 10.2 Å². The molecule has 0 aliphatic carbocycles. The van der Waals surface area contributed by atoms with Crippen LogP contribution < -0.4 is 5.32 Å². The van der Waals surface area contributed by atoms with Crippen molar-refractivity contribution in [1.29, 1.82) is 0 Å². The highest BCUT2D eigenvalue weighted by Crippen LogP contribution is 2.35. The number of piperidine rings is 3. The topological polar surface area (TPSA) is 32.3 Å². The molecule has 1 amide bonds. The molecule has 0 spiro atoms. The maximum atomic E-state index is 12.7. The molecule has 2 atom stereocenters. The maximum absolute atomic E-state index is 12.7. The summed E-state index contributed by atoms with van der Waals surface area (Å²) in [6.45, 7) is 4.60. The molecule has 3 aliphatic rings. The van der Waals surface area contributed by atoms with Gasteiger partial charge in [-0.05, 0) is 69.1 Å². The van der Waals surface area contributed by atoms with Crippen LogP contribution in [0.5, 0.6) is 0 Å². The third-order valence-corrected chi connectivity index (χ3v) is 7.74. The van der Waals surface area contributed by atoms with Crippen LogP contribution in [0.25, 0.3) is 0 Å². The first-order valence-electron chi connectivity index (χ1n) is 8.68. The summed E-state index contributed by atoms with van der Waals surface area (Å²) in [7, 11) is 0. The molecule has 132 valence electrons. The lowest BCUT2D eigenvalue weighted by atomic mass is 9.79. The van der Waals surface area contributed by atoms with Gasteiger partial charge in [-0.25, -0.2) is 0 Å². The van der Waals surface area contributed by atoms with Gasteiger partial charge in [0.15, 0.2) is 0 Å². The molecule has 0 saturated carbocycles. The molecular formula is C19H21ClN2OS2. The van der Waals surface area contributed by atoms with Crippen molar-refractivity contribution in [3.8, 4) is 0 Å². The molecule has 2 bridgehead atoms. The summed E-state index contributed by atoms with van der Waals surface area (Å²) >= 11 is 9.23. The number of hydrogen-bond donors (Lipinski definition) is 1. The van der Waals surface area contributed by atoms with Crippen molar-refractivity contribution in [2.75, 3.05) is 13.1 Å². The number of amides is 1. The average Bonchev–Trinajstić information content (AvgIpc) is 3.07. The quantitative estimate of drug-likeness (QED) is 0.813. The van der Waals surface area contributed by atoms with Crippen molar-refractivity contribution in [3.05, 3.63) is 46.3 Å². The first-order chi connectivity index (χ1) is 12.1. The van der Waals surface area contributed by atoms with Gasteiger partial charge < -0.3 is 5.32 Å². The molecule has 3 fully saturated rings. The molecule has 1 aromatic heterocycles. The largest absolute Gasteiger partial charge is 0.347 e. The number of fused-ring (bicyclic) bond motifs is 3. The number of carbonyl (C=O) groups excluding carboxylic acids is 1. The summed E-state index contributed by atoms with van der Waals surface area (Å²) in [5.41, 5.74) is 0. The fourth-order valence-corrected chi connectivity index (χ4v) is 6.23. The predicted octanol–water partition coefficient (Wildman–Crippen LogP) is 4.77. The molecule has 2 aromatic rings. The number of hydrogen-bond acceptors (Lipinski definition) is 4. The molecule has 3 aliphatic heterocycles. The first kappa shape index (κ1) is 17.4. The van der Waals surface area contributed by atoms with Crippen LogP contribution in [0.2, 0.25) is 5.02 Å². The minimum absolute atomic E-state index is 0.0635. The Bertz CT molecular complexity index is 768. The number of nitrogens with one attached hydrogen (secondary N) is 1. The molecule has 6 heteroatoms. The van der Waals surface area contributed by atoms with E-state index in [0.29, 0.717) is 12.0 Å². The average molecular weight is 393 g/mol. The Morgan fingerprint density at radius 1 is 1.28 bits per heavy atom. The van der Waals surface area contributed by atoms with Crippen molar-refractivity contribution >= 4 is 40.6 Å². The fraction of sp³-hybridized carbons (Fsp3) is 0.421. The fourth-order valence-electron chi connectivity index (χ4n) is 3.91. The zero-order valence-corrected chi connectivity index (χ0v) is 16.5. The molecule has 0 radical (unpaired) electrons. The van der Waals surface area contributed by atoms with E-state index in [2.05, 4.69) is 17.1 Å². The van der Waals surface area contributed by atoms with Crippen LogP contribution in [0.1, 0.15) is 29.4 Å². The van der Waals surface area contributed by atoms with Crippen LogP contribution in [0.15, 0.2) is 45.5 Å². The Balaban J connectivity index is 1.42. The van der Waals surface area contributed by atoms with Crippen LogP contribution >= 0.6 is 34.7 Å². The van der Waals surface area contributed by atoms with E-state index in [1.165, 1.54) is 25.9 Å². The summed E-state index contributed by atoms with van der Waals surface area (Å²) < 4.78 is 1.11.